The molecule has 1 unspecified atom stereocenters. The first-order valence-electron chi connectivity index (χ1n) is 8.01. The maximum absolute atomic E-state index is 12.9. The predicted molar refractivity (Wildman–Crippen MR) is 101 cm³/mol. The van der Waals surface area contributed by atoms with Crippen molar-refractivity contribution in [1.29, 1.82) is 5.26 Å². The Kier molecular flexibility index (Phi) is 5.71. The van der Waals surface area contributed by atoms with Crippen molar-refractivity contribution in [2.24, 2.45) is 0 Å². The lowest BCUT2D eigenvalue weighted by atomic mass is 10.2. The molecule has 6 nitrogen and oxygen atoms in total. The van der Waals surface area contributed by atoms with Gasteiger partial charge in [-0.1, -0.05) is 17.8 Å². The Balaban J connectivity index is 1.85. The highest BCUT2D eigenvalue weighted by molar-refractivity contribution is 8.00. The van der Waals surface area contributed by atoms with Crippen LogP contribution in [-0.2, 0) is 11.0 Å². The Morgan fingerprint density at radius 2 is 2.04 bits per heavy atom. The molecule has 1 aromatic carbocycles. The van der Waals surface area contributed by atoms with Gasteiger partial charge in [0.2, 0.25) is 11.9 Å². The number of nitrogens with zero attached hydrogens (tertiary/aromatic N) is 4. The topological polar surface area (TPSA) is 95.9 Å². The van der Waals surface area contributed by atoms with Gasteiger partial charge in [-0.3, -0.25) is 4.79 Å². The Morgan fingerprint density at radius 3 is 2.68 bits per heavy atom. The van der Waals surface area contributed by atoms with Crippen molar-refractivity contribution in [1.82, 2.24) is 9.97 Å². The minimum Gasteiger partial charge on any atom is -0.368 e. The molecule has 146 valence electrons. The number of aromatic nitrogens is 2. The molecule has 2 aromatic rings. The molecular formula is C17H14F3N5OS2. The fourth-order valence-corrected chi connectivity index (χ4v) is 4.49. The van der Waals surface area contributed by atoms with Crippen LogP contribution in [0.15, 0.2) is 34.3 Å². The molecule has 1 fully saturated rings. The van der Waals surface area contributed by atoms with Crippen molar-refractivity contribution < 1.29 is 18.0 Å². The number of nitrogen functional groups attached to an aromatic ring is 1. The van der Waals surface area contributed by atoms with Crippen molar-refractivity contribution >= 4 is 41.1 Å². The van der Waals surface area contributed by atoms with Crippen LogP contribution in [0.2, 0.25) is 0 Å². The summed E-state index contributed by atoms with van der Waals surface area (Å²) < 4.78 is 38.8. The zero-order valence-electron chi connectivity index (χ0n) is 14.5. The van der Waals surface area contributed by atoms with Gasteiger partial charge in [0.15, 0.2) is 0 Å². The van der Waals surface area contributed by atoms with Crippen LogP contribution in [0.4, 0.5) is 24.8 Å². The molecular weight excluding hydrogens is 411 g/mol. The number of amides is 1. The zero-order chi connectivity index (χ0) is 20.5. The van der Waals surface area contributed by atoms with Crippen LogP contribution in [0.3, 0.4) is 0 Å². The van der Waals surface area contributed by atoms with E-state index in [-0.39, 0.29) is 29.7 Å². The van der Waals surface area contributed by atoms with E-state index in [1.807, 2.05) is 6.07 Å². The lowest BCUT2D eigenvalue weighted by molar-refractivity contribution is -0.137. The molecule has 1 aromatic heterocycles. The molecule has 28 heavy (non-hydrogen) atoms. The molecule has 0 spiro atoms. The molecule has 0 saturated carbocycles. The molecule has 1 aliphatic heterocycles. The van der Waals surface area contributed by atoms with Gasteiger partial charge >= 0.3 is 6.18 Å². The fourth-order valence-electron chi connectivity index (χ4n) is 2.77. The number of rotatable bonds is 4. The lowest BCUT2D eigenvalue weighted by Crippen LogP contribution is -2.28. The van der Waals surface area contributed by atoms with Crippen LogP contribution >= 0.6 is 23.5 Å². The number of alkyl halides is 3. The van der Waals surface area contributed by atoms with Gasteiger partial charge < -0.3 is 10.6 Å². The second-order valence-corrected chi connectivity index (χ2v) is 7.80. The number of thioether (sulfide) groups is 2. The predicted octanol–water partition coefficient (Wildman–Crippen LogP) is 3.57. The summed E-state index contributed by atoms with van der Waals surface area (Å²) in [6.45, 7) is 0.273. The highest BCUT2D eigenvalue weighted by atomic mass is 32.2. The summed E-state index contributed by atoms with van der Waals surface area (Å²) in [5, 5.41) is 9.53. The summed E-state index contributed by atoms with van der Waals surface area (Å²) in [6.07, 6.45) is -2.34. The quantitative estimate of drug-likeness (QED) is 0.591. The largest absolute Gasteiger partial charge is 0.416 e. The number of halogens is 3. The number of nitriles is 1. The van der Waals surface area contributed by atoms with E-state index in [0.29, 0.717) is 16.5 Å². The Morgan fingerprint density at radius 1 is 1.32 bits per heavy atom. The van der Waals surface area contributed by atoms with Gasteiger partial charge in [0.25, 0.3) is 0 Å². The van der Waals surface area contributed by atoms with Gasteiger partial charge in [-0.25, -0.2) is 9.97 Å². The van der Waals surface area contributed by atoms with Crippen molar-refractivity contribution in [3.63, 3.8) is 0 Å². The van der Waals surface area contributed by atoms with E-state index in [9.17, 15) is 23.2 Å². The third-order valence-corrected chi connectivity index (χ3v) is 5.98. The highest BCUT2D eigenvalue weighted by Crippen LogP contribution is 2.37. The SMILES string of the molecule is CSc1nc(N)nc(SC2CCN(c3cccc(C(F)(F)F)c3)C2=O)c1C#N. The van der Waals surface area contributed by atoms with E-state index in [2.05, 4.69) is 9.97 Å². The number of hydrogen-bond donors (Lipinski definition) is 1. The summed E-state index contributed by atoms with van der Waals surface area (Å²) in [5.41, 5.74) is 5.30. The van der Waals surface area contributed by atoms with Crippen molar-refractivity contribution in [3.05, 3.63) is 35.4 Å². The normalized spacial score (nSPS) is 17.0. The maximum atomic E-state index is 12.9. The third kappa shape index (κ3) is 4.02. The lowest BCUT2D eigenvalue weighted by Gasteiger charge is -2.18. The van der Waals surface area contributed by atoms with Crippen LogP contribution in [0, 0.1) is 11.3 Å². The first-order chi connectivity index (χ1) is 13.2. The first kappa shape index (κ1) is 20.3. The summed E-state index contributed by atoms with van der Waals surface area (Å²) in [4.78, 5) is 22.2. The molecule has 0 bridgehead atoms. The smallest absolute Gasteiger partial charge is 0.368 e. The Hall–Kier alpha value is -2.45. The molecule has 3 rings (SSSR count). The molecule has 2 N–H and O–H groups in total. The van der Waals surface area contributed by atoms with Crippen LogP contribution in [0.25, 0.3) is 0 Å². The van der Waals surface area contributed by atoms with Crippen LogP contribution < -0.4 is 10.6 Å². The molecule has 0 radical (unpaired) electrons. The molecule has 0 aliphatic carbocycles. The number of benzene rings is 1. The van der Waals surface area contributed by atoms with E-state index in [1.54, 1.807) is 6.26 Å². The molecule has 1 aliphatic rings. The van der Waals surface area contributed by atoms with Gasteiger partial charge in [-0.2, -0.15) is 18.4 Å². The number of hydrogen-bond acceptors (Lipinski definition) is 7. The van der Waals surface area contributed by atoms with E-state index >= 15 is 0 Å². The van der Waals surface area contributed by atoms with Gasteiger partial charge in [0.05, 0.1) is 10.8 Å². The van der Waals surface area contributed by atoms with Gasteiger partial charge in [-0.15, -0.1) is 11.8 Å². The number of carbonyl (C=O) groups excluding carboxylic acids is 1. The molecule has 1 amide bonds. The Labute approximate surface area is 167 Å². The van der Waals surface area contributed by atoms with E-state index in [4.69, 9.17) is 5.73 Å². The van der Waals surface area contributed by atoms with Crippen molar-refractivity contribution in [2.45, 2.75) is 27.9 Å². The Bertz CT molecular complexity index is 961. The summed E-state index contributed by atoms with van der Waals surface area (Å²) in [7, 11) is 0. The third-order valence-electron chi connectivity index (χ3n) is 4.06. The highest BCUT2D eigenvalue weighted by Gasteiger charge is 2.36. The fraction of sp³-hybridized carbons (Fsp3) is 0.294. The zero-order valence-corrected chi connectivity index (χ0v) is 16.2. The second-order valence-electron chi connectivity index (χ2n) is 5.82. The second kappa shape index (κ2) is 7.89. The number of anilines is 2. The van der Waals surface area contributed by atoms with E-state index in [1.165, 1.54) is 28.8 Å². The monoisotopic (exact) mass is 425 g/mol. The number of nitrogens with two attached hydrogens (primary N) is 1. The molecule has 11 heteroatoms. The van der Waals surface area contributed by atoms with Gasteiger partial charge in [0, 0.05) is 12.2 Å². The molecule has 2 heterocycles. The van der Waals surface area contributed by atoms with Crippen LogP contribution in [-0.4, -0.2) is 33.9 Å². The summed E-state index contributed by atoms with van der Waals surface area (Å²) in [6, 6.07) is 6.69. The van der Waals surface area contributed by atoms with Crippen LogP contribution in [0.1, 0.15) is 17.5 Å². The van der Waals surface area contributed by atoms with E-state index < -0.39 is 17.0 Å². The minimum atomic E-state index is -4.48. The maximum Gasteiger partial charge on any atom is 0.416 e. The average molecular weight is 425 g/mol. The standard InChI is InChI=1S/C17H14F3N5OS2/c1-27-13-11(8-21)14(24-16(22)23-13)28-12-5-6-25(15(12)26)10-4-2-3-9(7-10)17(18,19)20/h2-4,7,12H,5-6H2,1H3,(H2,22,23,24). The minimum absolute atomic E-state index is 0.00831. The molecule has 1 saturated heterocycles. The first-order valence-corrected chi connectivity index (χ1v) is 10.1. The van der Waals surface area contributed by atoms with Crippen molar-refractivity contribution in [3.8, 4) is 6.07 Å². The van der Waals surface area contributed by atoms with Crippen molar-refractivity contribution in [2.75, 3.05) is 23.4 Å². The van der Waals surface area contributed by atoms with E-state index in [0.717, 1.165) is 23.9 Å². The summed E-state index contributed by atoms with van der Waals surface area (Å²) >= 11 is 2.32. The van der Waals surface area contributed by atoms with Crippen LogP contribution in [0.5, 0.6) is 0 Å². The molecule has 1 atom stereocenters. The number of carbonyl (C=O) groups is 1. The summed E-state index contributed by atoms with van der Waals surface area (Å²) in [5.74, 6) is -0.345. The van der Waals surface area contributed by atoms with Gasteiger partial charge in [0.1, 0.15) is 21.7 Å². The average Bonchev–Trinajstić information content (AvgIpc) is 3.01. The van der Waals surface area contributed by atoms with Gasteiger partial charge in [-0.05, 0) is 30.9 Å².